The lowest BCUT2D eigenvalue weighted by Gasteiger charge is -2.37. The lowest BCUT2D eigenvalue weighted by Crippen LogP contribution is -2.50. The average molecular weight is 388 g/mol. The van der Waals surface area contributed by atoms with Crippen LogP contribution >= 0.6 is 23.2 Å². The number of hydrogen-bond acceptors (Lipinski definition) is 3. The number of rotatable bonds is 3. The summed E-state index contributed by atoms with van der Waals surface area (Å²) in [6.45, 7) is 2.62. The topological polar surface area (TPSA) is 44.7 Å². The van der Waals surface area contributed by atoms with Gasteiger partial charge < -0.3 is 5.32 Å². The van der Waals surface area contributed by atoms with Gasteiger partial charge in [0.1, 0.15) is 11.4 Å². The molecular formula is C20H19Cl2N3O. The number of aliphatic imine (C=N–C) groups is 1. The van der Waals surface area contributed by atoms with Crippen LogP contribution in [0.4, 0.5) is 0 Å². The van der Waals surface area contributed by atoms with Gasteiger partial charge in [-0.2, -0.15) is 0 Å². The second-order valence-electron chi connectivity index (χ2n) is 6.86. The van der Waals surface area contributed by atoms with E-state index in [1.54, 1.807) is 12.1 Å². The predicted octanol–water partition coefficient (Wildman–Crippen LogP) is 3.90. The molecule has 0 bridgehead atoms. The smallest absolute Gasteiger partial charge is 0.272 e. The molecule has 1 N–H and O–H groups in total. The molecule has 0 unspecified atom stereocenters. The molecule has 2 heterocycles. The Bertz CT molecular complexity index is 856. The fourth-order valence-corrected chi connectivity index (χ4v) is 3.92. The quantitative estimate of drug-likeness (QED) is 0.867. The predicted molar refractivity (Wildman–Crippen MR) is 105 cm³/mol. The highest BCUT2D eigenvalue weighted by Gasteiger charge is 2.41. The van der Waals surface area contributed by atoms with Gasteiger partial charge in [-0.1, -0.05) is 47.5 Å². The molecule has 1 saturated heterocycles. The van der Waals surface area contributed by atoms with Gasteiger partial charge in [-0.05, 0) is 29.8 Å². The molecule has 2 aliphatic heterocycles. The van der Waals surface area contributed by atoms with Gasteiger partial charge in [0.15, 0.2) is 0 Å². The maximum Gasteiger partial charge on any atom is 0.272 e. The summed E-state index contributed by atoms with van der Waals surface area (Å²) in [7, 11) is 0. The van der Waals surface area contributed by atoms with Crippen LogP contribution in [-0.2, 0) is 11.3 Å². The zero-order valence-electron chi connectivity index (χ0n) is 14.2. The molecule has 2 aliphatic rings. The first-order chi connectivity index (χ1) is 12.5. The largest absolute Gasteiger partial charge is 0.326 e. The van der Waals surface area contributed by atoms with Crippen LogP contribution in [-0.4, -0.2) is 35.3 Å². The van der Waals surface area contributed by atoms with Gasteiger partial charge in [-0.15, -0.1) is 0 Å². The number of piperidine rings is 1. The molecule has 0 aliphatic carbocycles. The Labute approximate surface area is 162 Å². The zero-order valence-corrected chi connectivity index (χ0v) is 15.7. The lowest BCUT2D eigenvalue weighted by atomic mass is 9.97. The molecule has 0 radical (unpaired) electrons. The number of nitrogens with one attached hydrogen (secondary N) is 1. The molecule has 4 nitrogen and oxygen atoms in total. The minimum atomic E-state index is -0.475. The van der Waals surface area contributed by atoms with Crippen molar-refractivity contribution in [1.29, 1.82) is 0 Å². The van der Waals surface area contributed by atoms with E-state index >= 15 is 0 Å². The summed E-state index contributed by atoms with van der Waals surface area (Å²) in [5.41, 5.74) is 2.04. The van der Waals surface area contributed by atoms with E-state index in [2.05, 4.69) is 16.3 Å². The maximum atomic E-state index is 12.4. The molecule has 2 aromatic carbocycles. The van der Waals surface area contributed by atoms with Crippen molar-refractivity contribution in [1.82, 2.24) is 10.2 Å². The lowest BCUT2D eigenvalue weighted by molar-refractivity contribution is -0.115. The number of amides is 1. The number of hydrogen-bond donors (Lipinski definition) is 1. The highest BCUT2D eigenvalue weighted by atomic mass is 35.5. The van der Waals surface area contributed by atoms with Crippen LogP contribution in [0.3, 0.4) is 0 Å². The van der Waals surface area contributed by atoms with Crippen LogP contribution in [0.25, 0.3) is 0 Å². The second-order valence-corrected chi connectivity index (χ2v) is 7.73. The van der Waals surface area contributed by atoms with Crippen LogP contribution in [0.1, 0.15) is 24.0 Å². The Morgan fingerprint density at radius 3 is 2.46 bits per heavy atom. The average Bonchev–Trinajstić information content (AvgIpc) is 2.94. The highest BCUT2D eigenvalue weighted by Crippen LogP contribution is 2.30. The molecular weight excluding hydrogens is 369 g/mol. The number of likely N-dealkylation sites (tertiary alicyclic amines) is 1. The molecule has 134 valence electrons. The van der Waals surface area contributed by atoms with Crippen LogP contribution in [0.5, 0.6) is 0 Å². The fourth-order valence-electron chi connectivity index (χ4n) is 3.58. The minimum absolute atomic E-state index is 0.101. The van der Waals surface area contributed by atoms with E-state index in [9.17, 15) is 4.79 Å². The molecule has 0 atom stereocenters. The molecule has 1 amide bonds. The summed E-state index contributed by atoms with van der Waals surface area (Å²) in [5.74, 6) is -0.101. The molecule has 1 fully saturated rings. The Kier molecular flexibility index (Phi) is 4.74. The SMILES string of the molecule is O=C1NC2(CCN(Cc3cccc(Cl)c3)CC2)N=C1c1ccc(Cl)cc1. The van der Waals surface area contributed by atoms with Crippen LogP contribution in [0.2, 0.25) is 10.0 Å². The van der Waals surface area contributed by atoms with Gasteiger partial charge in [0, 0.05) is 48.1 Å². The number of carbonyl (C=O) groups excluding carboxylic acids is 1. The molecule has 6 heteroatoms. The first-order valence-electron chi connectivity index (χ1n) is 8.68. The van der Waals surface area contributed by atoms with E-state index in [4.69, 9.17) is 28.2 Å². The van der Waals surface area contributed by atoms with Gasteiger partial charge in [-0.3, -0.25) is 14.7 Å². The first-order valence-corrected chi connectivity index (χ1v) is 9.44. The summed E-state index contributed by atoms with van der Waals surface area (Å²) in [6, 6.07) is 15.2. The Morgan fingerprint density at radius 1 is 1.04 bits per heavy atom. The Balaban J connectivity index is 1.45. The molecule has 26 heavy (non-hydrogen) atoms. The first kappa shape index (κ1) is 17.5. The molecule has 1 spiro atoms. The van der Waals surface area contributed by atoms with E-state index in [-0.39, 0.29) is 5.91 Å². The fraction of sp³-hybridized carbons (Fsp3) is 0.300. The normalized spacial score (nSPS) is 19.5. The van der Waals surface area contributed by atoms with Gasteiger partial charge in [0.2, 0.25) is 0 Å². The summed E-state index contributed by atoms with van der Waals surface area (Å²) in [5, 5.41) is 4.51. The van der Waals surface area contributed by atoms with Crippen LogP contribution < -0.4 is 5.32 Å². The number of benzene rings is 2. The molecule has 0 aromatic heterocycles. The van der Waals surface area contributed by atoms with Crippen molar-refractivity contribution in [3.63, 3.8) is 0 Å². The standard InChI is InChI=1S/C20H19Cl2N3O/c21-16-6-4-15(5-7-16)18-19(26)24-20(23-18)8-10-25(11-9-20)13-14-2-1-3-17(22)12-14/h1-7,12H,8-11,13H2,(H,24,26). The molecule has 2 aromatic rings. The van der Waals surface area contributed by atoms with Crippen LogP contribution in [0.15, 0.2) is 53.5 Å². The van der Waals surface area contributed by atoms with Crippen LogP contribution in [0, 0.1) is 0 Å². The van der Waals surface area contributed by atoms with E-state index in [1.807, 2.05) is 30.3 Å². The summed E-state index contributed by atoms with van der Waals surface area (Å²) < 4.78 is 0. The van der Waals surface area contributed by atoms with Crippen molar-refractivity contribution in [2.24, 2.45) is 4.99 Å². The third-order valence-electron chi connectivity index (χ3n) is 4.98. The van der Waals surface area contributed by atoms with Gasteiger partial charge in [0.05, 0.1) is 0 Å². The van der Waals surface area contributed by atoms with E-state index in [0.717, 1.165) is 43.1 Å². The zero-order chi connectivity index (χ0) is 18.1. The van der Waals surface area contributed by atoms with Crippen molar-refractivity contribution < 1.29 is 4.79 Å². The van der Waals surface area contributed by atoms with Crippen molar-refractivity contribution in [2.45, 2.75) is 25.0 Å². The summed E-state index contributed by atoms with van der Waals surface area (Å²) >= 11 is 12.0. The van der Waals surface area contributed by atoms with Gasteiger partial charge >= 0.3 is 0 Å². The van der Waals surface area contributed by atoms with Crippen molar-refractivity contribution in [3.8, 4) is 0 Å². The third-order valence-corrected chi connectivity index (χ3v) is 5.47. The Morgan fingerprint density at radius 2 is 1.77 bits per heavy atom. The van der Waals surface area contributed by atoms with Crippen molar-refractivity contribution in [3.05, 3.63) is 69.7 Å². The van der Waals surface area contributed by atoms with E-state index in [0.29, 0.717) is 10.7 Å². The maximum absolute atomic E-state index is 12.4. The van der Waals surface area contributed by atoms with E-state index < -0.39 is 5.66 Å². The number of halogens is 2. The third kappa shape index (κ3) is 3.63. The van der Waals surface area contributed by atoms with Gasteiger partial charge in [-0.25, -0.2) is 0 Å². The van der Waals surface area contributed by atoms with Crippen molar-refractivity contribution in [2.75, 3.05) is 13.1 Å². The molecule has 0 saturated carbocycles. The second kappa shape index (κ2) is 7.03. The Hall–Kier alpha value is -1.88. The summed E-state index contributed by atoms with van der Waals surface area (Å²) in [4.78, 5) is 19.6. The van der Waals surface area contributed by atoms with Crippen molar-refractivity contribution >= 4 is 34.8 Å². The molecule has 4 rings (SSSR count). The number of nitrogens with zero attached hydrogens (tertiary/aromatic N) is 2. The van der Waals surface area contributed by atoms with Gasteiger partial charge in [0.25, 0.3) is 5.91 Å². The highest BCUT2D eigenvalue weighted by molar-refractivity contribution is 6.47. The monoisotopic (exact) mass is 387 g/mol. The summed E-state index contributed by atoms with van der Waals surface area (Å²) in [6.07, 6.45) is 1.60. The van der Waals surface area contributed by atoms with E-state index in [1.165, 1.54) is 5.56 Å². The number of carbonyl (C=O) groups is 1. The minimum Gasteiger partial charge on any atom is -0.326 e.